The highest BCUT2D eigenvalue weighted by Gasteiger charge is 2.34. The number of guanidine groups is 1. The molecule has 2 unspecified atom stereocenters. The standard InChI is InChI=1S/C9H15N5O/c1-15-8-5-14(9(10)11)4-7(8)13-3-2-12-6-13/h2-3,6-8H,4-5H2,1H3,(H3,10,11). The average Bonchev–Trinajstić information content (AvgIpc) is 2.86. The number of nitrogens with zero attached hydrogens (tertiary/aromatic N) is 3. The van der Waals surface area contributed by atoms with Gasteiger partial charge in [-0.2, -0.15) is 0 Å². The Kier molecular flexibility index (Phi) is 2.59. The summed E-state index contributed by atoms with van der Waals surface area (Å²) in [4.78, 5) is 5.81. The summed E-state index contributed by atoms with van der Waals surface area (Å²) < 4.78 is 7.38. The molecule has 0 spiro atoms. The van der Waals surface area contributed by atoms with Crippen LogP contribution in [0.15, 0.2) is 18.7 Å². The second-order valence-corrected chi connectivity index (χ2v) is 3.64. The van der Waals surface area contributed by atoms with Gasteiger partial charge in [0.25, 0.3) is 0 Å². The number of nitrogens with one attached hydrogen (secondary N) is 1. The quantitative estimate of drug-likeness (QED) is 0.515. The van der Waals surface area contributed by atoms with Crippen LogP contribution < -0.4 is 5.73 Å². The van der Waals surface area contributed by atoms with E-state index in [2.05, 4.69) is 4.98 Å². The van der Waals surface area contributed by atoms with Crippen molar-refractivity contribution in [1.29, 1.82) is 5.41 Å². The van der Waals surface area contributed by atoms with Crippen LogP contribution in [-0.2, 0) is 4.74 Å². The van der Waals surface area contributed by atoms with Crippen LogP contribution in [0, 0.1) is 5.41 Å². The van der Waals surface area contributed by atoms with Crippen molar-refractivity contribution in [3.8, 4) is 0 Å². The van der Waals surface area contributed by atoms with E-state index >= 15 is 0 Å². The second kappa shape index (κ2) is 3.90. The number of nitrogens with two attached hydrogens (primary N) is 1. The fourth-order valence-electron chi connectivity index (χ4n) is 1.94. The third-order valence-corrected chi connectivity index (χ3v) is 2.79. The molecule has 3 N–H and O–H groups in total. The Balaban J connectivity index is 2.15. The predicted molar refractivity (Wildman–Crippen MR) is 55.5 cm³/mol. The normalized spacial score (nSPS) is 25.8. The minimum atomic E-state index is 0.0584. The first-order chi connectivity index (χ1) is 7.22. The van der Waals surface area contributed by atoms with Crippen molar-refractivity contribution < 1.29 is 4.74 Å². The molecule has 0 amide bonds. The smallest absolute Gasteiger partial charge is 0.188 e. The van der Waals surface area contributed by atoms with Crippen LogP contribution in [0.25, 0.3) is 0 Å². The zero-order chi connectivity index (χ0) is 10.8. The molecule has 0 bridgehead atoms. The molecule has 2 atom stereocenters. The Hall–Kier alpha value is -1.56. The molecule has 1 aromatic rings. The highest BCUT2D eigenvalue weighted by molar-refractivity contribution is 5.75. The Morgan fingerprint density at radius 2 is 2.40 bits per heavy atom. The molecular weight excluding hydrogens is 194 g/mol. The second-order valence-electron chi connectivity index (χ2n) is 3.64. The molecular formula is C9H15N5O. The number of hydrogen-bond donors (Lipinski definition) is 2. The van der Waals surface area contributed by atoms with E-state index in [4.69, 9.17) is 15.9 Å². The third-order valence-electron chi connectivity index (χ3n) is 2.79. The minimum Gasteiger partial charge on any atom is -0.377 e. The molecule has 1 fully saturated rings. The molecule has 0 saturated carbocycles. The van der Waals surface area contributed by atoms with Gasteiger partial charge in [0.1, 0.15) is 0 Å². The zero-order valence-corrected chi connectivity index (χ0v) is 8.63. The van der Waals surface area contributed by atoms with Gasteiger partial charge in [0.2, 0.25) is 0 Å². The minimum absolute atomic E-state index is 0.0584. The van der Waals surface area contributed by atoms with Crippen LogP contribution in [0.2, 0.25) is 0 Å². The lowest BCUT2D eigenvalue weighted by molar-refractivity contribution is 0.0841. The van der Waals surface area contributed by atoms with Crippen LogP contribution >= 0.6 is 0 Å². The lowest BCUT2D eigenvalue weighted by Gasteiger charge is -2.17. The summed E-state index contributed by atoms with van der Waals surface area (Å²) in [7, 11) is 1.68. The molecule has 6 nitrogen and oxygen atoms in total. The van der Waals surface area contributed by atoms with Crippen LogP contribution in [-0.4, -0.2) is 46.7 Å². The highest BCUT2D eigenvalue weighted by atomic mass is 16.5. The molecule has 0 aromatic carbocycles. The van der Waals surface area contributed by atoms with Crippen LogP contribution in [0.3, 0.4) is 0 Å². The summed E-state index contributed by atoms with van der Waals surface area (Å²) in [5.41, 5.74) is 5.46. The number of methoxy groups -OCH3 is 1. The fourth-order valence-corrected chi connectivity index (χ4v) is 1.94. The van der Waals surface area contributed by atoms with Crippen molar-refractivity contribution in [2.45, 2.75) is 12.1 Å². The first-order valence-corrected chi connectivity index (χ1v) is 4.81. The van der Waals surface area contributed by atoms with E-state index in [1.54, 1.807) is 24.5 Å². The first kappa shape index (κ1) is 9.97. The van der Waals surface area contributed by atoms with E-state index in [0.29, 0.717) is 13.1 Å². The van der Waals surface area contributed by atoms with Crippen molar-refractivity contribution in [2.75, 3.05) is 20.2 Å². The van der Waals surface area contributed by atoms with Gasteiger partial charge in [0.15, 0.2) is 5.96 Å². The van der Waals surface area contributed by atoms with Crippen LogP contribution in [0.4, 0.5) is 0 Å². The van der Waals surface area contributed by atoms with Crippen LogP contribution in [0.5, 0.6) is 0 Å². The van der Waals surface area contributed by atoms with Gasteiger partial charge in [0.05, 0.1) is 18.5 Å². The maximum absolute atomic E-state index is 7.40. The first-order valence-electron chi connectivity index (χ1n) is 4.81. The number of likely N-dealkylation sites (tertiary alicyclic amines) is 1. The van der Waals surface area contributed by atoms with E-state index in [9.17, 15) is 0 Å². The van der Waals surface area contributed by atoms with E-state index in [1.165, 1.54) is 0 Å². The summed E-state index contributed by atoms with van der Waals surface area (Å²) in [6.45, 7) is 1.36. The van der Waals surface area contributed by atoms with E-state index in [1.807, 2.05) is 10.8 Å². The number of hydrogen-bond acceptors (Lipinski definition) is 3. The molecule has 0 radical (unpaired) electrons. The van der Waals surface area contributed by atoms with Crippen molar-refractivity contribution in [1.82, 2.24) is 14.5 Å². The number of imidazole rings is 1. The molecule has 2 heterocycles. The van der Waals surface area contributed by atoms with Gasteiger partial charge in [-0.1, -0.05) is 0 Å². The lowest BCUT2D eigenvalue weighted by Crippen LogP contribution is -2.35. The monoisotopic (exact) mass is 209 g/mol. The van der Waals surface area contributed by atoms with Crippen molar-refractivity contribution in [2.24, 2.45) is 5.73 Å². The van der Waals surface area contributed by atoms with E-state index in [-0.39, 0.29) is 18.1 Å². The largest absolute Gasteiger partial charge is 0.377 e. The van der Waals surface area contributed by atoms with Gasteiger partial charge in [-0.15, -0.1) is 0 Å². The zero-order valence-electron chi connectivity index (χ0n) is 8.63. The lowest BCUT2D eigenvalue weighted by atomic mass is 10.2. The summed E-state index contributed by atoms with van der Waals surface area (Å²) >= 11 is 0. The summed E-state index contributed by atoms with van der Waals surface area (Å²) in [6.07, 6.45) is 5.46. The summed E-state index contributed by atoms with van der Waals surface area (Å²) in [5, 5.41) is 7.40. The fraction of sp³-hybridized carbons (Fsp3) is 0.556. The van der Waals surface area contributed by atoms with Gasteiger partial charge in [-0.25, -0.2) is 4.98 Å². The molecule has 1 aliphatic heterocycles. The number of rotatable bonds is 2. The summed E-state index contributed by atoms with van der Waals surface area (Å²) in [5.74, 6) is 0.0969. The van der Waals surface area contributed by atoms with Crippen molar-refractivity contribution in [3.63, 3.8) is 0 Å². The topological polar surface area (TPSA) is 80.2 Å². The maximum Gasteiger partial charge on any atom is 0.188 e. The third kappa shape index (κ3) is 1.80. The van der Waals surface area contributed by atoms with Crippen LogP contribution in [0.1, 0.15) is 6.04 Å². The SMILES string of the molecule is COC1CN(C(=N)N)CC1n1ccnc1. The number of ether oxygens (including phenoxy) is 1. The van der Waals surface area contributed by atoms with Crippen molar-refractivity contribution >= 4 is 5.96 Å². The van der Waals surface area contributed by atoms with E-state index < -0.39 is 0 Å². The maximum atomic E-state index is 7.40. The molecule has 1 aromatic heterocycles. The molecule has 6 heteroatoms. The molecule has 15 heavy (non-hydrogen) atoms. The van der Waals surface area contributed by atoms with Gasteiger partial charge in [-0.05, 0) is 0 Å². The van der Waals surface area contributed by atoms with Crippen molar-refractivity contribution in [3.05, 3.63) is 18.7 Å². The Bertz CT molecular complexity index is 336. The number of aromatic nitrogens is 2. The molecule has 2 rings (SSSR count). The Morgan fingerprint density at radius 3 is 2.93 bits per heavy atom. The van der Waals surface area contributed by atoms with Gasteiger partial charge in [0, 0.05) is 32.6 Å². The van der Waals surface area contributed by atoms with Gasteiger partial charge < -0.3 is 19.9 Å². The van der Waals surface area contributed by atoms with E-state index in [0.717, 1.165) is 0 Å². The molecule has 82 valence electrons. The average molecular weight is 209 g/mol. The Morgan fingerprint density at radius 1 is 1.60 bits per heavy atom. The predicted octanol–water partition coefficient (Wildman–Crippen LogP) is -0.352. The Labute approximate surface area is 88.2 Å². The molecule has 1 saturated heterocycles. The highest BCUT2D eigenvalue weighted by Crippen LogP contribution is 2.23. The van der Waals surface area contributed by atoms with Gasteiger partial charge >= 0.3 is 0 Å². The summed E-state index contributed by atoms with van der Waals surface area (Å²) in [6, 6.07) is 0.182. The molecule has 1 aliphatic rings. The molecule has 0 aliphatic carbocycles. The van der Waals surface area contributed by atoms with Gasteiger partial charge in [-0.3, -0.25) is 5.41 Å².